The second-order valence-corrected chi connectivity index (χ2v) is 9.01. The molecule has 1 aliphatic rings. The summed E-state index contributed by atoms with van der Waals surface area (Å²) in [4.78, 5) is 21.2. The first-order valence-corrected chi connectivity index (χ1v) is 11.7. The lowest BCUT2D eigenvalue weighted by atomic mass is 9.97. The van der Waals surface area contributed by atoms with E-state index in [0.29, 0.717) is 6.54 Å². The fourth-order valence-electron chi connectivity index (χ4n) is 4.76. The fourth-order valence-corrected chi connectivity index (χ4v) is 4.97. The summed E-state index contributed by atoms with van der Waals surface area (Å²) in [6, 6.07) is 28.1. The molecule has 4 aromatic rings. The maximum absolute atomic E-state index is 13.9. The van der Waals surface area contributed by atoms with Gasteiger partial charge in [0.1, 0.15) is 5.82 Å². The van der Waals surface area contributed by atoms with Crippen molar-refractivity contribution < 1.29 is 0 Å². The monoisotopic (exact) mass is 455 g/mol. The molecule has 3 aromatic carbocycles. The predicted molar refractivity (Wildman–Crippen MR) is 133 cm³/mol. The van der Waals surface area contributed by atoms with Gasteiger partial charge in [-0.15, -0.1) is 0 Å². The highest BCUT2D eigenvalue weighted by Crippen LogP contribution is 2.27. The topological polar surface area (TPSA) is 38.1 Å². The zero-order valence-electron chi connectivity index (χ0n) is 18.6. The maximum atomic E-state index is 13.9. The van der Waals surface area contributed by atoms with Crippen LogP contribution in [0.15, 0.2) is 89.7 Å². The Morgan fingerprint density at radius 1 is 0.939 bits per heavy atom. The number of rotatable bonds is 5. The number of aromatic nitrogens is 2. The molecule has 0 saturated heterocycles. The molecule has 1 aliphatic heterocycles. The smallest absolute Gasteiger partial charge is 0.259 e. The first-order valence-electron chi connectivity index (χ1n) is 11.3. The number of hydrogen-bond donors (Lipinski definition) is 0. The molecule has 2 heterocycles. The zero-order valence-corrected chi connectivity index (χ0v) is 19.4. The van der Waals surface area contributed by atoms with E-state index in [4.69, 9.17) is 16.6 Å². The Balaban J connectivity index is 1.56. The third kappa shape index (κ3) is 4.50. The van der Waals surface area contributed by atoms with Crippen LogP contribution in [0.1, 0.15) is 39.8 Å². The van der Waals surface area contributed by atoms with Crippen LogP contribution in [0.5, 0.6) is 0 Å². The lowest BCUT2D eigenvalue weighted by Crippen LogP contribution is -2.40. The van der Waals surface area contributed by atoms with E-state index >= 15 is 0 Å². The summed E-state index contributed by atoms with van der Waals surface area (Å²) < 4.78 is 1.87. The van der Waals surface area contributed by atoms with Crippen LogP contribution >= 0.6 is 11.6 Å². The molecule has 0 amide bonds. The Labute approximate surface area is 199 Å². The van der Waals surface area contributed by atoms with Gasteiger partial charge >= 0.3 is 0 Å². The van der Waals surface area contributed by atoms with Gasteiger partial charge in [0, 0.05) is 31.1 Å². The van der Waals surface area contributed by atoms with Gasteiger partial charge in [0.2, 0.25) is 0 Å². The molecule has 0 atom stereocenters. The van der Waals surface area contributed by atoms with E-state index in [1.165, 1.54) is 0 Å². The highest BCUT2D eigenvalue weighted by Gasteiger charge is 2.27. The molecular weight excluding hydrogens is 430 g/mol. The van der Waals surface area contributed by atoms with Gasteiger partial charge in [-0.2, -0.15) is 0 Å². The van der Waals surface area contributed by atoms with Crippen LogP contribution in [0.2, 0.25) is 5.02 Å². The number of fused-ring (bicyclic) bond motifs is 1. The Morgan fingerprint density at radius 3 is 2.24 bits per heavy atom. The van der Waals surface area contributed by atoms with Crippen molar-refractivity contribution in [3.8, 4) is 0 Å². The van der Waals surface area contributed by atoms with Crippen molar-refractivity contribution in [3.63, 3.8) is 0 Å². The average Bonchev–Trinajstić information content (AvgIpc) is 2.83. The van der Waals surface area contributed by atoms with Crippen molar-refractivity contribution in [1.82, 2.24) is 14.5 Å². The van der Waals surface area contributed by atoms with Crippen molar-refractivity contribution in [3.05, 3.63) is 134 Å². The van der Waals surface area contributed by atoms with Gasteiger partial charge in [0.15, 0.2) is 0 Å². The average molecular weight is 456 g/mol. The van der Waals surface area contributed by atoms with Gasteiger partial charge in [-0.1, -0.05) is 84.4 Å². The number of aryl methyl sites for hydroxylation is 1. The van der Waals surface area contributed by atoms with Crippen LogP contribution in [0.3, 0.4) is 0 Å². The van der Waals surface area contributed by atoms with E-state index in [1.54, 1.807) is 0 Å². The van der Waals surface area contributed by atoms with Crippen LogP contribution in [-0.4, -0.2) is 21.0 Å². The summed E-state index contributed by atoms with van der Waals surface area (Å²) in [6.45, 7) is 4.16. The fraction of sp³-hybridized carbons (Fsp3) is 0.214. The first kappa shape index (κ1) is 21.6. The minimum absolute atomic E-state index is 0.0472. The van der Waals surface area contributed by atoms with Crippen molar-refractivity contribution in [2.45, 2.75) is 32.5 Å². The van der Waals surface area contributed by atoms with Gasteiger partial charge in [0.25, 0.3) is 5.56 Å². The molecule has 0 bridgehead atoms. The lowest BCUT2D eigenvalue weighted by molar-refractivity contribution is 0.240. The highest BCUT2D eigenvalue weighted by atomic mass is 35.5. The molecular formula is C28H26ClN3O. The zero-order chi connectivity index (χ0) is 22.8. The third-order valence-electron chi connectivity index (χ3n) is 6.30. The molecule has 0 aliphatic carbocycles. The third-order valence-corrected chi connectivity index (χ3v) is 6.54. The molecule has 5 heteroatoms. The van der Waals surface area contributed by atoms with E-state index in [9.17, 15) is 4.79 Å². The molecule has 0 fully saturated rings. The normalized spacial score (nSPS) is 13.8. The van der Waals surface area contributed by atoms with E-state index in [1.807, 2.05) is 66.1 Å². The molecule has 5 rings (SSSR count). The number of halogens is 1. The molecule has 166 valence electrons. The summed E-state index contributed by atoms with van der Waals surface area (Å²) >= 11 is 6.18. The Kier molecular flexibility index (Phi) is 6.12. The predicted octanol–water partition coefficient (Wildman–Crippen LogP) is 5.40. The number of benzene rings is 3. The van der Waals surface area contributed by atoms with Crippen molar-refractivity contribution in [2.24, 2.45) is 0 Å². The molecule has 1 aromatic heterocycles. The number of nitrogens with zero attached hydrogens (tertiary/aromatic N) is 3. The number of hydrogen-bond acceptors (Lipinski definition) is 3. The van der Waals surface area contributed by atoms with Crippen LogP contribution in [0, 0.1) is 6.92 Å². The molecule has 0 unspecified atom stereocenters. The standard InChI is InChI=1S/C28H26ClN3O/c1-20-30-26-15-16-31(18-21-9-8-14-24(29)17-21)19-25(26)28(33)32(20)27(22-10-4-2-5-11-22)23-12-6-3-7-13-23/h2-14,17,27H,15-16,18-19H2,1H3. The van der Waals surface area contributed by atoms with E-state index in [2.05, 4.69) is 35.2 Å². The maximum Gasteiger partial charge on any atom is 0.259 e. The summed E-state index contributed by atoms with van der Waals surface area (Å²) in [5.41, 5.74) is 5.06. The second-order valence-electron chi connectivity index (χ2n) is 8.57. The van der Waals surface area contributed by atoms with Gasteiger partial charge in [-0.05, 0) is 35.7 Å². The van der Waals surface area contributed by atoms with Crippen LogP contribution in [0.4, 0.5) is 0 Å². The van der Waals surface area contributed by atoms with Crippen LogP contribution in [-0.2, 0) is 19.5 Å². The second kappa shape index (κ2) is 9.34. The summed E-state index contributed by atoms with van der Waals surface area (Å²) in [6.07, 6.45) is 0.772. The van der Waals surface area contributed by atoms with Crippen LogP contribution in [0.25, 0.3) is 0 Å². The summed E-state index contributed by atoms with van der Waals surface area (Å²) in [5, 5.41) is 0.734. The Bertz CT molecular complexity index is 1280. The summed E-state index contributed by atoms with van der Waals surface area (Å²) in [7, 11) is 0. The lowest BCUT2D eigenvalue weighted by Gasteiger charge is -2.30. The van der Waals surface area contributed by atoms with E-state index in [-0.39, 0.29) is 11.6 Å². The van der Waals surface area contributed by atoms with Crippen molar-refractivity contribution in [1.29, 1.82) is 0 Å². The molecule has 0 saturated carbocycles. The largest absolute Gasteiger partial charge is 0.294 e. The molecule has 0 spiro atoms. The van der Waals surface area contributed by atoms with E-state index in [0.717, 1.165) is 58.3 Å². The van der Waals surface area contributed by atoms with E-state index < -0.39 is 0 Å². The van der Waals surface area contributed by atoms with Gasteiger partial charge in [0.05, 0.1) is 17.3 Å². The van der Waals surface area contributed by atoms with Gasteiger partial charge in [-0.25, -0.2) is 4.98 Å². The Morgan fingerprint density at radius 2 is 1.61 bits per heavy atom. The highest BCUT2D eigenvalue weighted by molar-refractivity contribution is 6.30. The van der Waals surface area contributed by atoms with Crippen molar-refractivity contribution in [2.75, 3.05) is 6.54 Å². The van der Waals surface area contributed by atoms with Crippen LogP contribution < -0.4 is 5.56 Å². The molecule has 33 heavy (non-hydrogen) atoms. The molecule has 4 nitrogen and oxygen atoms in total. The molecule has 0 radical (unpaired) electrons. The van der Waals surface area contributed by atoms with Crippen molar-refractivity contribution >= 4 is 11.6 Å². The van der Waals surface area contributed by atoms with Gasteiger partial charge in [-0.3, -0.25) is 14.3 Å². The quantitative estimate of drug-likeness (QED) is 0.404. The minimum Gasteiger partial charge on any atom is -0.294 e. The Hall–Kier alpha value is -3.21. The van der Waals surface area contributed by atoms with Gasteiger partial charge < -0.3 is 0 Å². The molecule has 0 N–H and O–H groups in total. The summed E-state index contributed by atoms with van der Waals surface area (Å²) in [5.74, 6) is 0.750. The minimum atomic E-state index is -0.221. The SMILES string of the molecule is Cc1nc2c(c(=O)n1C(c1ccccc1)c1ccccc1)CN(Cc1cccc(Cl)c1)CC2. The first-order chi connectivity index (χ1) is 16.1.